The second-order valence-electron chi connectivity index (χ2n) is 14.0. The fourth-order valence-electron chi connectivity index (χ4n) is 6.01. The minimum atomic E-state index is -0.457. The molecule has 0 atom stereocenters. The van der Waals surface area contributed by atoms with Crippen LogP contribution in [-0.2, 0) is 14.4 Å². The zero-order chi connectivity index (χ0) is 28.3. The number of carbonyl (C=O) groups is 3. The van der Waals surface area contributed by atoms with E-state index in [0.717, 1.165) is 51.4 Å². The van der Waals surface area contributed by atoms with E-state index in [1.165, 1.54) is 6.42 Å². The van der Waals surface area contributed by atoms with Gasteiger partial charge in [-0.3, -0.25) is 14.4 Å². The van der Waals surface area contributed by atoms with Crippen LogP contribution in [0.1, 0.15) is 113 Å². The average Bonchev–Trinajstić information content (AvgIpc) is 2.83. The maximum Gasteiger partial charge on any atom is 0.230 e. The van der Waals surface area contributed by atoms with Gasteiger partial charge in [0, 0.05) is 40.4 Å². The van der Waals surface area contributed by atoms with Crippen LogP contribution in [0.15, 0.2) is 18.2 Å². The molecule has 1 aromatic rings. The van der Waals surface area contributed by atoms with Gasteiger partial charge in [-0.1, -0.05) is 53.9 Å². The smallest absolute Gasteiger partial charge is 0.230 e. The lowest BCUT2D eigenvalue weighted by molar-refractivity contribution is -0.124. The Hall–Kier alpha value is -2.37. The Kier molecular flexibility index (Phi) is 9.70. The monoisotopic (exact) mass is 525 g/mol. The van der Waals surface area contributed by atoms with Gasteiger partial charge in [0.25, 0.3) is 0 Å². The van der Waals surface area contributed by atoms with Crippen molar-refractivity contribution in [2.75, 3.05) is 15.5 Å². The van der Waals surface area contributed by atoms with Gasteiger partial charge in [-0.05, 0) is 88.8 Å². The van der Waals surface area contributed by atoms with Crippen molar-refractivity contribution in [1.82, 2.24) is 0 Å². The van der Waals surface area contributed by atoms with Crippen molar-refractivity contribution in [2.45, 2.75) is 119 Å². The number of rotatable bonds is 6. The third kappa shape index (κ3) is 7.83. The summed E-state index contributed by atoms with van der Waals surface area (Å²) in [5.74, 6) is 0.498. The Balaban J connectivity index is 1.90. The first-order valence-electron chi connectivity index (χ1n) is 14.8. The summed E-state index contributed by atoms with van der Waals surface area (Å²) in [5.41, 5.74) is 1.73. The molecule has 3 rings (SSSR count). The van der Waals surface area contributed by atoms with Crippen LogP contribution in [0.2, 0.25) is 0 Å². The van der Waals surface area contributed by atoms with E-state index in [2.05, 4.69) is 31.4 Å². The van der Waals surface area contributed by atoms with Gasteiger partial charge in [0.15, 0.2) is 0 Å². The minimum Gasteiger partial charge on any atom is -0.326 e. The molecule has 0 saturated heterocycles. The summed E-state index contributed by atoms with van der Waals surface area (Å²) in [7, 11) is 0. The molecule has 2 fully saturated rings. The Morgan fingerprint density at radius 3 is 1.82 bits per heavy atom. The van der Waals surface area contributed by atoms with E-state index in [4.69, 9.17) is 0 Å². The lowest BCUT2D eigenvalue weighted by Gasteiger charge is -2.39. The number of hydrogen-bond donors (Lipinski definition) is 2. The molecule has 0 bridgehead atoms. The van der Waals surface area contributed by atoms with Crippen molar-refractivity contribution in [1.29, 1.82) is 0 Å². The van der Waals surface area contributed by atoms with Crippen LogP contribution < -0.4 is 15.5 Å². The molecule has 6 nitrogen and oxygen atoms in total. The van der Waals surface area contributed by atoms with Crippen LogP contribution in [0.25, 0.3) is 0 Å². The molecule has 212 valence electrons. The molecule has 2 N–H and O–H groups in total. The summed E-state index contributed by atoms with van der Waals surface area (Å²) < 4.78 is 0. The molecule has 6 heteroatoms. The van der Waals surface area contributed by atoms with Gasteiger partial charge in [-0.15, -0.1) is 0 Å². The molecule has 2 saturated carbocycles. The highest BCUT2D eigenvalue weighted by molar-refractivity contribution is 6.00. The van der Waals surface area contributed by atoms with E-state index in [1.807, 2.05) is 57.7 Å². The quantitative estimate of drug-likeness (QED) is 0.398. The molecule has 2 aliphatic carbocycles. The van der Waals surface area contributed by atoms with Crippen molar-refractivity contribution >= 4 is 34.8 Å². The lowest BCUT2D eigenvalue weighted by Crippen LogP contribution is -2.49. The van der Waals surface area contributed by atoms with Crippen LogP contribution in [0.4, 0.5) is 17.1 Å². The average molecular weight is 526 g/mol. The number of nitrogens with one attached hydrogen (secondary N) is 2. The molecule has 0 unspecified atom stereocenters. The van der Waals surface area contributed by atoms with Crippen molar-refractivity contribution in [2.24, 2.45) is 29.1 Å². The first-order valence-corrected chi connectivity index (χ1v) is 14.8. The van der Waals surface area contributed by atoms with Gasteiger partial charge >= 0.3 is 0 Å². The summed E-state index contributed by atoms with van der Waals surface area (Å²) in [6.07, 6.45) is 9.07. The molecule has 0 heterocycles. The zero-order valence-electron chi connectivity index (χ0n) is 25.1. The molecule has 38 heavy (non-hydrogen) atoms. The fraction of sp³-hybridized carbons (Fsp3) is 0.719. The molecular weight excluding hydrogens is 474 g/mol. The van der Waals surface area contributed by atoms with Gasteiger partial charge in [0.1, 0.15) is 0 Å². The first kappa shape index (κ1) is 30.2. The van der Waals surface area contributed by atoms with Crippen LogP contribution in [0.3, 0.4) is 0 Å². The summed E-state index contributed by atoms with van der Waals surface area (Å²) in [5, 5.41) is 6.14. The third-order valence-corrected chi connectivity index (χ3v) is 8.40. The van der Waals surface area contributed by atoms with E-state index >= 15 is 0 Å². The second-order valence-corrected chi connectivity index (χ2v) is 14.0. The second kappa shape index (κ2) is 12.2. The highest BCUT2D eigenvalue weighted by Crippen LogP contribution is 2.40. The third-order valence-electron chi connectivity index (χ3n) is 8.40. The number of amides is 3. The SMILES string of the molecule is CC(C)C(=O)Nc1cc(NC(=O)[C@H]2CC[C@@H](C(C)(C)C)CC2)cc(N(C(=O)C2CCCCC2)C(C)(C)C)c1. The Morgan fingerprint density at radius 2 is 1.32 bits per heavy atom. The molecule has 3 amide bonds. The number of anilines is 3. The predicted molar refractivity (Wildman–Crippen MR) is 157 cm³/mol. The van der Waals surface area contributed by atoms with Crippen LogP contribution >= 0.6 is 0 Å². The molecule has 2 aliphatic rings. The Labute approximate surface area is 230 Å². The molecule has 1 aromatic carbocycles. The van der Waals surface area contributed by atoms with E-state index in [0.29, 0.717) is 23.0 Å². The number of hydrogen-bond acceptors (Lipinski definition) is 3. The molecule has 0 aliphatic heterocycles. The van der Waals surface area contributed by atoms with Gasteiger partial charge in [-0.25, -0.2) is 0 Å². The van der Waals surface area contributed by atoms with Crippen LogP contribution in [0.5, 0.6) is 0 Å². The maximum atomic E-state index is 13.8. The highest BCUT2D eigenvalue weighted by atomic mass is 16.2. The summed E-state index contributed by atoms with van der Waals surface area (Å²) in [4.78, 5) is 41.6. The number of benzene rings is 1. The molecule has 0 radical (unpaired) electrons. The molecule has 0 aromatic heterocycles. The van der Waals surface area contributed by atoms with Crippen molar-refractivity contribution in [3.63, 3.8) is 0 Å². The van der Waals surface area contributed by atoms with Gasteiger partial charge in [-0.2, -0.15) is 0 Å². The normalized spacial score (nSPS) is 21.2. The van der Waals surface area contributed by atoms with E-state index in [9.17, 15) is 14.4 Å². The number of nitrogens with zero attached hydrogens (tertiary/aromatic N) is 1. The summed E-state index contributed by atoms with van der Waals surface area (Å²) in [6, 6.07) is 5.58. The van der Waals surface area contributed by atoms with Crippen molar-refractivity contribution < 1.29 is 14.4 Å². The summed E-state index contributed by atoms with van der Waals surface area (Å²) >= 11 is 0. The van der Waals surface area contributed by atoms with E-state index < -0.39 is 5.54 Å². The number of carbonyl (C=O) groups excluding carboxylic acids is 3. The minimum absolute atomic E-state index is 0.00734. The maximum absolute atomic E-state index is 13.8. The predicted octanol–water partition coefficient (Wildman–Crippen LogP) is 7.78. The summed E-state index contributed by atoms with van der Waals surface area (Å²) in [6.45, 7) is 16.7. The first-order chi connectivity index (χ1) is 17.7. The lowest BCUT2D eigenvalue weighted by atomic mass is 9.69. The van der Waals surface area contributed by atoms with E-state index in [-0.39, 0.29) is 40.9 Å². The van der Waals surface area contributed by atoms with Crippen LogP contribution in [-0.4, -0.2) is 23.3 Å². The van der Waals surface area contributed by atoms with Crippen molar-refractivity contribution in [3.05, 3.63) is 18.2 Å². The fourth-order valence-corrected chi connectivity index (χ4v) is 6.01. The molecular formula is C32H51N3O3. The van der Waals surface area contributed by atoms with E-state index in [1.54, 1.807) is 0 Å². The molecule has 0 spiro atoms. The Bertz CT molecular complexity index is 988. The Morgan fingerprint density at radius 1 is 0.763 bits per heavy atom. The highest BCUT2D eigenvalue weighted by Gasteiger charge is 2.35. The van der Waals surface area contributed by atoms with Crippen molar-refractivity contribution in [3.8, 4) is 0 Å². The van der Waals surface area contributed by atoms with Gasteiger partial charge in [0.05, 0.1) is 0 Å². The largest absolute Gasteiger partial charge is 0.326 e. The zero-order valence-corrected chi connectivity index (χ0v) is 25.1. The van der Waals surface area contributed by atoms with Crippen LogP contribution in [0, 0.1) is 29.1 Å². The standard InChI is InChI=1S/C32H51N3O3/c1-21(2)28(36)33-25-18-26(34-29(37)22-14-16-24(17-15-22)31(3,4)5)20-27(19-25)35(32(6,7)8)30(38)23-12-10-9-11-13-23/h18-24H,9-17H2,1-8H3,(H,33,36)(H,34,37)/t22-,24+. The van der Waals surface area contributed by atoms with Gasteiger partial charge < -0.3 is 15.5 Å². The topological polar surface area (TPSA) is 78.5 Å². The van der Waals surface area contributed by atoms with Gasteiger partial charge in [0.2, 0.25) is 17.7 Å².